The van der Waals surface area contributed by atoms with E-state index in [1.165, 1.54) is 48.9 Å². The van der Waals surface area contributed by atoms with Crippen molar-refractivity contribution in [2.45, 2.75) is 6.92 Å². The molecule has 0 saturated heterocycles. The zero-order valence-corrected chi connectivity index (χ0v) is 17.7. The number of hydrogen-bond acceptors (Lipinski definition) is 1. The lowest BCUT2D eigenvalue weighted by Crippen LogP contribution is -1.97. The first-order valence-corrected chi connectivity index (χ1v) is 11.0. The third-order valence-corrected chi connectivity index (χ3v) is 6.85. The van der Waals surface area contributed by atoms with Crippen molar-refractivity contribution in [2.24, 2.45) is 0 Å². The molecule has 0 unspecified atom stereocenters. The molecule has 0 aliphatic carbocycles. The van der Waals surface area contributed by atoms with Gasteiger partial charge in [-0.3, -0.25) is 0 Å². The molecule has 2 nitrogen and oxygen atoms in total. The fourth-order valence-corrected chi connectivity index (χ4v) is 5.48. The lowest BCUT2D eigenvalue weighted by atomic mass is 9.91. The lowest BCUT2D eigenvalue weighted by molar-refractivity contribution is 1.37. The summed E-state index contributed by atoms with van der Waals surface area (Å²) in [5.41, 5.74) is 7.62. The van der Waals surface area contributed by atoms with Crippen LogP contribution in [-0.2, 0) is 0 Å². The van der Waals surface area contributed by atoms with Gasteiger partial charge >= 0.3 is 0 Å². The summed E-state index contributed by atoms with van der Waals surface area (Å²) in [4.78, 5) is 0. The number of rotatable bonds is 2. The predicted octanol–water partition coefficient (Wildman–Crippen LogP) is 8.04. The smallest absolute Gasteiger partial charge is 0.0620 e. The molecular formula is C30H20N2. The highest BCUT2D eigenvalue weighted by Gasteiger charge is 2.18. The van der Waals surface area contributed by atoms with Gasteiger partial charge in [0, 0.05) is 32.8 Å². The maximum absolute atomic E-state index is 8.43. The second-order valence-electron chi connectivity index (χ2n) is 8.62. The minimum absolute atomic E-state index is 0.586. The molecule has 0 atom stereocenters. The molecule has 0 radical (unpaired) electrons. The highest BCUT2D eigenvalue weighted by molar-refractivity contribution is 6.23. The molecule has 0 aliphatic rings. The zero-order valence-electron chi connectivity index (χ0n) is 17.7. The fourth-order valence-electron chi connectivity index (χ4n) is 5.48. The van der Waals surface area contributed by atoms with Gasteiger partial charge in [0.2, 0.25) is 0 Å². The standard InChI is InChI=1S/C30H20N2/c1-18(31)21-15-13-19-7-2-3-8-22(19)29(21)20-14-16-24-26-11-6-10-25-23-9-4-5-12-27(23)32(30(25)26)28(24)17-20/h2-17,31H,1H3. The van der Waals surface area contributed by atoms with Crippen LogP contribution in [0.1, 0.15) is 12.5 Å². The molecule has 2 heteroatoms. The van der Waals surface area contributed by atoms with Crippen molar-refractivity contribution < 1.29 is 0 Å². The lowest BCUT2D eigenvalue weighted by Gasteiger charge is -2.13. The summed E-state index contributed by atoms with van der Waals surface area (Å²) in [5.74, 6) is 0. The maximum Gasteiger partial charge on any atom is 0.0620 e. The number of aromatic nitrogens is 1. The van der Waals surface area contributed by atoms with Crippen LogP contribution in [0.25, 0.3) is 60.0 Å². The van der Waals surface area contributed by atoms with Gasteiger partial charge in [-0.15, -0.1) is 0 Å². The van der Waals surface area contributed by atoms with E-state index in [2.05, 4.69) is 101 Å². The van der Waals surface area contributed by atoms with E-state index in [-0.39, 0.29) is 0 Å². The van der Waals surface area contributed by atoms with Crippen LogP contribution in [0.5, 0.6) is 0 Å². The SMILES string of the molecule is CC(=N)c1ccc2ccccc2c1-c1ccc2c3cccc4c5ccccc5n(c2c1)c43. The van der Waals surface area contributed by atoms with Gasteiger partial charge in [-0.1, -0.05) is 84.9 Å². The minimum atomic E-state index is 0.586. The van der Waals surface area contributed by atoms with Crippen molar-refractivity contribution >= 4 is 54.6 Å². The molecule has 1 N–H and O–H groups in total. The summed E-state index contributed by atoms with van der Waals surface area (Å²) < 4.78 is 2.42. The molecule has 0 amide bonds. The fraction of sp³-hybridized carbons (Fsp3) is 0.0333. The first-order chi connectivity index (χ1) is 15.7. The average Bonchev–Trinajstić information content (AvgIpc) is 3.35. The van der Waals surface area contributed by atoms with Crippen LogP contribution >= 0.6 is 0 Å². The van der Waals surface area contributed by atoms with Crippen molar-refractivity contribution in [3.63, 3.8) is 0 Å². The highest BCUT2D eigenvalue weighted by Crippen LogP contribution is 2.41. The molecule has 0 aliphatic heterocycles. The second-order valence-corrected chi connectivity index (χ2v) is 8.62. The average molecular weight is 409 g/mol. The Morgan fingerprint density at radius 3 is 2.12 bits per heavy atom. The topological polar surface area (TPSA) is 28.3 Å². The van der Waals surface area contributed by atoms with E-state index in [4.69, 9.17) is 5.41 Å². The van der Waals surface area contributed by atoms with E-state index in [0.717, 1.165) is 16.7 Å². The van der Waals surface area contributed by atoms with Gasteiger partial charge in [-0.25, -0.2) is 0 Å². The van der Waals surface area contributed by atoms with Crippen LogP contribution in [-0.4, -0.2) is 10.1 Å². The Balaban J connectivity index is 1.67. The van der Waals surface area contributed by atoms with E-state index in [1.54, 1.807) is 0 Å². The van der Waals surface area contributed by atoms with Crippen molar-refractivity contribution in [1.82, 2.24) is 4.40 Å². The van der Waals surface area contributed by atoms with Gasteiger partial charge in [0.15, 0.2) is 0 Å². The molecule has 150 valence electrons. The number of hydrogen-bond donors (Lipinski definition) is 1. The van der Waals surface area contributed by atoms with E-state index in [0.29, 0.717) is 5.71 Å². The number of benzene rings is 5. The predicted molar refractivity (Wildman–Crippen MR) is 137 cm³/mol. The molecular weight excluding hydrogens is 388 g/mol. The Hall–Kier alpha value is -4.17. The zero-order chi connectivity index (χ0) is 21.4. The van der Waals surface area contributed by atoms with Crippen molar-refractivity contribution in [3.8, 4) is 11.1 Å². The molecule has 0 fully saturated rings. The summed E-state index contributed by atoms with van der Waals surface area (Å²) in [5, 5.41) is 16.0. The molecule has 0 bridgehead atoms. The van der Waals surface area contributed by atoms with E-state index < -0.39 is 0 Å². The molecule has 2 aromatic heterocycles. The number of nitrogens with one attached hydrogen (secondary N) is 1. The summed E-state index contributed by atoms with van der Waals surface area (Å²) >= 11 is 0. The van der Waals surface area contributed by atoms with Crippen molar-refractivity contribution in [3.05, 3.63) is 103 Å². The Morgan fingerprint density at radius 1 is 0.625 bits per heavy atom. The molecule has 2 heterocycles. The quantitative estimate of drug-likeness (QED) is 0.280. The third-order valence-electron chi connectivity index (χ3n) is 6.85. The summed E-state index contributed by atoms with van der Waals surface area (Å²) in [7, 11) is 0. The Labute approximate surface area is 185 Å². The van der Waals surface area contributed by atoms with Gasteiger partial charge in [0.25, 0.3) is 0 Å². The molecule has 5 aromatic carbocycles. The number of nitrogens with zero attached hydrogens (tertiary/aromatic N) is 1. The summed E-state index contributed by atoms with van der Waals surface area (Å²) in [6, 6.07) is 34.8. The summed E-state index contributed by atoms with van der Waals surface area (Å²) in [6.45, 7) is 1.87. The van der Waals surface area contributed by atoms with E-state index in [9.17, 15) is 0 Å². The first-order valence-electron chi connectivity index (χ1n) is 11.0. The van der Waals surface area contributed by atoms with Crippen molar-refractivity contribution in [2.75, 3.05) is 0 Å². The van der Waals surface area contributed by atoms with Crippen LogP contribution in [0.4, 0.5) is 0 Å². The Bertz CT molecular complexity index is 1850. The molecule has 7 aromatic rings. The highest BCUT2D eigenvalue weighted by atomic mass is 14.9. The van der Waals surface area contributed by atoms with E-state index >= 15 is 0 Å². The maximum atomic E-state index is 8.43. The summed E-state index contributed by atoms with van der Waals surface area (Å²) in [6.07, 6.45) is 0. The van der Waals surface area contributed by atoms with Gasteiger partial charge in [-0.2, -0.15) is 0 Å². The first kappa shape index (κ1) is 17.5. The molecule has 0 saturated carbocycles. The van der Waals surface area contributed by atoms with Crippen LogP contribution in [0, 0.1) is 5.41 Å². The monoisotopic (exact) mass is 408 g/mol. The second kappa shape index (κ2) is 6.18. The molecule has 0 spiro atoms. The van der Waals surface area contributed by atoms with Crippen LogP contribution in [0.3, 0.4) is 0 Å². The van der Waals surface area contributed by atoms with E-state index in [1.807, 2.05) is 6.92 Å². The van der Waals surface area contributed by atoms with Crippen LogP contribution in [0.2, 0.25) is 0 Å². The normalized spacial score (nSPS) is 12.0. The number of fused-ring (bicyclic) bond motifs is 7. The third kappa shape index (κ3) is 2.16. The van der Waals surface area contributed by atoms with Crippen molar-refractivity contribution in [1.29, 1.82) is 5.41 Å². The van der Waals surface area contributed by atoms with Gasteiger partial charge in [0.05, 0.1) is 16.6 Å². The Kier molecular flexibility index (Phi) is 3.38. The van der Waals surface area contributed by atoms with Gasteiger partial charge in [-0.05, 0) is 41.0 Å². The largest absolute Gasteiger partial charge is 0.308 e. The number of para-hydroxylation sites is 2. The van der Waals surface area contributed by atoms with Gasteiger partial charge < -0.3 is 9.81 Å². The van der Waals surface area contributed by atoms with Crippen LogP contribution in [0.15, 0.2) is 97.1 Å². The van der Waals surface area contributed by atoms with Gasteiger partial charge in [0.1, 0.15) is 0 Å². The molecule has 7 rings (SSSR count). The minimum Gasteiger partial charge on any atom is -0.308 e. The van der Waals surface area contributed by atoms with Crippen LogP contribution < -0.4 is 0 Å². The Morgan fingerprint density at radius 2 is 1.31 bits per heavy atom. The molecule has 32 heavy (non-hydrogen) atoms.